The SMILES string of the molecule is O=C(CN1C(=O)C(=O)N(CC(F)(F)F)C1=O)Nc1ccc2c(c1)OCO2. The zero-order valence-electron chi connectivity index (χ0n) is 12.8. The number of nitrogens with zero attached hydrogens (tertiary/aromatic N) is 2. The minimum Gasteiger partial charge on any atom is -0.454 e. The molecule has 3 rings (SSSR count). The van der Waals surface area contributed by atoms with Gasteiger partial charge in [-0.1, -0.05) is 0 Å². The monoisotopic (exact) mass is 373 g/mol. The van der Waals surface area contributed by atoms with E-state index in [9.17, 15) is 32.3 Å². The smallest absolute Gasteiger partial charge is 0.406 e. The highest BCUT2D eigenvalue weighted by Gasteiger charge is 2.49. The number of hydrogen-bond acceptors (Lipinski definition) is 6. The third-order valence-corrected chi connectivity index (χ3v) is 3.43. The third kappa shape index (κ3) is 3.38. The van der Waals surface area contributed by atoms with Crippen molar-refractivity contribution in [2.45, 2.75) is 6.18 Å². The topological polar surface area (TPSA) is 105 Å². The number of alkyl halides is 3. The van der Waals surface area contributed by atoms with Gasteiger partial charge in [-0.05, 0) is 12.1 Å². The first-order valence-corrected chi connectivity index (χ1v) is 7.09. The van der Waals surface area contributed by atoms with Gasteiger partial charge in [0.2, 0.25) is 12.7 Å². The number of rotatable bonds is 4. The van der Waals surface area contributed by atoms with Gasteiger partial charge in [-0.3, -0.25) is 14.4 Å². The van der Waals surface area contributed by atoms with E-state index in [4.69, 9.17) is 9.47 Å². The van der Waals surface area contributed by atoms with E-state index in [1.807, 2.05) is 0 Å². The van der Waals surface area contributed by atoms with Crippen LogP contribution in [0, 0.1) is 0 Å². The van der Waals surface area contributed by atoms with Gasteiger partial charge < -0.3 is 14.8 Å². The minimum absolute atomic E-state index is 0.0145. The number of urea groups is 1. The summed E-state index contributed by atoms with van der Waals surface area (Å²) in [6.45, 7) is -2.80. The lowest BCUT2D eigenvalue weighted by Gasteiger charge is -2.16. The van der Waals surface area contributed by atoms with Crippen LogP contribution in [0.5, 0.6) is 11.5 Å². The molecule has 2 aliphatic heterocycles. The minimum atomic E-state index is -4.86. The number of benzene rings is 1. The normalized spacial score (nSPS) is 16.5. The maximum Gasteiger partial charge on any atom is 0.406 e. The molecule has 0 radical (unpaired) electrons. The van der Waals surface area contributed by atoms with E-state index in [0.29, 0.717) is 11.5 Å². The summed E-state index contributed by atoms with van der Waals surface area (Å²) in [5.41, 5.74) is 0.247. The molecule has 1 saturated heterocycles. The predicted molar refractivity (Wildman–Crippen MR) is 76.1 cm³/mol. The Bertz CT molecular complexity index is 810. The van der Waals surface area contributed by atoms with Crippen LogP contribution in [0.3, 0.4) is 0 Å². The molecule has 2 heterocycles. The number of hydrogen-bond donors (Lipinski definition) is 1. The maximum atomic E-state index is 12.4. The van der Waals surface area contributed by atoms with Crippen molar-refractivity contribution < 1.29 is 41.8 Å². The van der Waals surface area contributed by atoms with Gasteiger partial charge in [0, 0.05) is 11.8 Å². The van der Waals surface area contributed by atoms with E-state index in [1.54, 1.807) is 0 Å². The fourth-order valence-corrected chi connectivity index (χ4v) is 2.33. The van der Waals surface area contributed by atoms with E-state index >= 15 is 0 Å². The molecule has 1 aromatic rings. The Kier molecular flexibility index (Phi) is 4.18. The number of imide groups is 2. The number of anilines is 1. The van der Waals surface area contributed by atoms with Crippen LogP contribution in [0.15, 0.2) is 18.2 Å². The lowest BCUT2D eigenvalue weighted by atomic mass is 10.2. The summed E-state index contributed by atoms with van der Waals surface area (Å²) in [5, 5.41) is 2.34. The Labute approximate surface area is 143 Å². The lowest BCUT2D eigenvalue weighted by molar-refractivity contribution is -0.156. The van der Waals surface area contributed by atoms with Crippen molar-refractivity contribution in [3.8, 4) is 11.5 Å². The second kappa shape index (κ2) is 6.20. The molecule has 0 spiro atoms. The number of carbonyl (C=O) groups is 4. The van der Waals surface area contributed by atoms with Crippen LogP contribution in [-0.4, -0.2) is 59.6 Å². The van der Waals surface area contributed by atoms with Crippen molar-refractivity contribution in [1.29, 1.82) is 0 Å². The van der Waals surface area contributed by atoms with Crippen molar-refractivity contribution in [3.63, 3.8) is 0 Å². The third-order valence-electron chi connectivity index (χ3n) is 3.43. The van der Waals surface area contributed by atoms with Gasteiger partial charge in [0.25, 0.3) is 0 Å². The average molecular weight is 373 g/mol. The van der Waals surface area contributed by atoms with Crippen molar-refractivity contribution in [2.75, 3.05) is 25.2 Å². The van der Waals surface area contributed by atoms with Crippen LogP contribution in [0.25, 0.3) is 0 Å². The molecular formula is C14H10F3N3O6. The molecule has 1 aromatic carbocycles. The van der Waals surface area contributed by atoms with Crippen LogP contribution in [0.4, 0.5) is 23.7 Å². The number of halogens is 3. The molecule has 0 unspecified atom stereocenters. The summed E-state index contributed by atoms with van der Waals surface area (Å²) < 4.78 is 47.4. The summed E-state index contributed by atoms with van der Waals surface area (Å²) in [5.74, 6) is -3.19. The van der Waals surface area contributed by atoms with Gasteiger partial charge in [0.15, 0.2) is 11.5 Å². The van der Waals surface area contributed by atoms with E-state index in [0.717, 1.165) is 0 Å². The van der Waals surface area contributed by atoms with Crippen LogP contribution in [0.1, 0.15) is 0 Å². The molecular weight excluding hydrogens is 363 g/mol. The van der Waals surface area contributed by atoms with Gasteiger partial charge in [0.05, 0.1) is 0 Å². The number of nitrogens with one attached hydrogen (secondary N) is 1. The molecule has 2 aliphatic rings. The number of ether oxygens (including phenoxy) is 2. The van der Waals surface area contributed by atoms with Crippen LogP contribution < -0.4 is 14.8 Å². The zero-order valence-corrected chi connectivity index (χ0v) is 12.8. The quantitative estimate of drug-likeness (QED) is 0.616. The van der Waals surface area contributed by atoms with Crippen molar-refractivity contribution in [3.05, 3.63) is 18.2 Å². The molecule has 0 aliphatic carbocycles. The van der Waals surface area contributed by atoms with E-state index in [1.165, 1.54) is 18.2 Å². The van der Waals surface area contributed by atoms with Crippen LogP contribution in [-0.2, 0) is 14.4 Å². The highest BCUT2D eigenvalue weighted by molar-refractivity contribution is 6.45. The van der Waals surface area contributed by atoms with Crippen LogP contribution >= 0.6 is 0 Å². The van der Waals surface area contributed by atoms with E-state index in [2.05, 4.69) is 5.32 Å². The molecule has 0 aromatic heterocycles. The van der Waals surface area contributed by atoms with Gasteiger partial charge in [-0.25, -0.2) is 14.6 Å². The molecule has 0 bridgehead atoms. The maximum absolute atomic E-state index is 12.4. The summed E-state index contributed by atoms with van der Waals surface area (Å²) in [4.78, 5) is 46.9. The van der Waals surface area contributed by atoms with Gasteiger partial charge in [-0.15, -0.1) is 0 Å². The highest BCUT2D eigenvalue weighted by atomic mass is 19.4. The first-order chi connectivity index (χ1) is 12.2. The number of amides is 5. The zero-order chi connectivity index (χ0) is 19.1. The van der Waals surface area contributed by atoms with Crippen molar-refractivity contribution in [1.82, 2.24) is 9.80 Å². The summed E-state index contributed by atoms with van der Waals surface area (Å²) >= 11 is 0. The predicted octanol–water partition coefficient (Wildman–Crippen LogP) is 0.707. The fourth-order valence-electron chi connectivity index (χ4n) is 2.33. The molecule has 1 fully saturated rings. The second-order valence-corrected chi connectivity index (χ2v) is 5.30. The molecule has 138 valence electrons. The fraction of sp³-hybridized carbons (Fsp3) is 0.286. The summed E-state index contributed by atoms with van der Waals surface area (Å²) in [7, 11) is 0. The van der Waals surface area contributed by atoms with E-state index in [-0.39, 0.29) is 22.3 Å². The average Bonchev–Trinajstić information content (AvgIpc) is 3.08. The van der Waals surface area contributed by atoms with Crippen molar-refractivity contribution in [2.24, 2.45) is 0 Å². The largest absolute Gasteiger partial charge is 0.454 e. The summed E-state index contributed by atoms with van der Waals surface area (Å²) in [6.07, 6.45) is -4.86. The Morgan fingerprint density at radius 1 is 1.08 bits per heavy atom. The Hall–Kier alpha value is -3.31. The van der Waals surface area contributed by atoms with Crippen LogP contribution in [0.2, 0.25) is 0 Å². The van der Waals surface area contributed by atoms with Gasteiger partial charge in [-0.2, -0.15) is 13.2 Å². The van der Waals surface area contributed by atoms with E-state index < -0.39 is 43.0 Å². The first kappa shape index (κ1) is 17.5. The Balaban J connectivity index is 1.66. The highest BCUT2D eigenvalue weighted by Crippen LogP contribution is 2.34. The standard InChI is InChI=1S/C14H10F3N3O6/c15-14(16,17)5-20-12(23)11(22)19(13(20)24)4-10(21)18-7-1-2-8-9(3-7)26-6-25-8/h1-3H,4-6H2,(H,18,21). The molecule has 1 N–H and O–H groups in total. The number of carbonyl (C=O) groups excluding carboxylic acids is 4. The molecule has 12 heteroatoms. The summed E-state index contributed by atoms with van der Waals surface area (Å²) in [6, 6.07) is 2.89. The Morgan fingerprint density at radius 3 is 2.42 bits per heavy atom. The first-order valence-electron chi connectivity index (χ1n) is 7.09. The number of fused-ring (bicyclic) bond motifs is 1. The second-order valence-electron chi connectivity index (χ2n) is 5.30. The molecule has 9 nitrogen and oxygen atoms in total. The lowest BCUT2D eigenvalue weighted by Crippen LogP contribution is -2.41. The molecule has 0 saturated carbocycles. The molecule has 0 atom stereocenters. The van der Waals surface area contributed by atoms with Crippen molar-refractivity contribution >= 4 is 29.4 Å². The molecule has 5 amide bonds. The Morgan fingerprint density at radius 2 is 1.73 bits per heavy atom. The van der Waals surface area contributed by atoms with Gasteiger partial charge >= 0.3 is 24.0 Å². The molecule has 26 heavy (non-hydrogen) atoms. The van der Waals surface area contributed by atoms with Gasteiger partial charge in [0.1, 0.15) is 13.1 Å².